The molecule has 8 heteroatoms. The summed E-state index contributed by atoms with van der Waals surface area (Å²) >= 11 is 0. The molecule has 1 aliphatic carbocycles. The highest BCUT2D eigenvalue weighted by atomic mass is 16.6. The molecular weight excluding hydrogens is 432 g/mol. The van der Waals surface area contributed by atoms with Gasteiger partial charge in [-0.1, -0.05) is 30.3 Å². The molecule has 1 heterocycles. The predicted octanol–water partition coefficient (Wildman–Crippen LogP) is 6.30. The van der Waals surface area contributed by atoms with Crippen LogP contribution in [0.2, 0.25) is 0 Å². The first-order chi connectivity index (χ1) is 16.5. The second-order valence-electron chi connectivity index (χ2n) is 8.48. The Morgan fingerprint density at radius 1 is 0.853 bits per heavy atom. The third kappa shape index (κ3) is 4.05. The highest BCUT2D eigenvalue weighted by Gasteiger charge is 2.41. The average molecular weight is 454 g/mol. The Kier molecular flexibility index (Phi) is 5.63. The number of hydrogen-bond donors (Lipinski definition) is 0. The molecule has 5 rings (SSSR count). The topological polar surface area (TPSA) is 102 Å². The standard InChI is InChI=1S/C26H22N4O4/c31-29(32)22-13-9-18(10-14-22)17-20-5-4-8-24-25(20)27-28(21-6-2-1-3-7-21)26(24)19-11-15-23(16-12-19)30(33)34/h1-3,6-7,9-17,24,26H,4-5,8H2/b20-17-/t24-,26-/m1/s1. The molecule has 0 N–H and O–H groups in total. The number of hydrazone groups is 1. The highest BCUT2D eigenvalue weighted by Crippen LogP contribution is 2.46. The summed E-state index contributed by atoms with van der Waals surface area (Å²) in [6.07, 6.45) is 4.90. The molecular formula is C26H22N4O4. The molecule has 0 radical (unpaired) electrons. The van der Waals surface area contributed by atoms with Crippen LogP contribution in [0.5, 0.6) is 0 Å². The van der Waals surface area contributed by atoms with Gasteiger partial charge in [-0.3, -0.25) is 25.2 Å². The van der Waals surface area contributed by atoms with E-state index in [4.69, 9.17) is 5.10 Å². The van der Waals surface area contributed by atoms with E-state index in [0.717, 1.165) is 47.4 Å². The molecule has 3 aromatic carbocycles. The van der Waals surface area contributed by atoms with Crippen LogP contribution < -0.4 is 5.01 Å². The summed E-state index contributed by atoms with van der Waals surface area (Å²) in [5.74, 6) is 0.139. The van der Waals surface area contributed by atoms with E-state index in [2.05, 4.69) is 6.08 Å². The van der Waals surface area contributed by atoms with Gasteiger partial charge in [-0.05, 0) is 66.3 Å². The largest absolute Gasteiger partial charge is 0.269 e. The van der Waals surface area contributed by atoms with E-state index in [0.29, 0.717) is 0 Å². The number of nitrogens with zero attached hydrogens (tertiary/aromatic N) is 4. The predicted molar refractivity (Wildman–Crippen MR) is 131 cm³/mol. The second-order valence-corrected chi connectivity index (χ2v) is 8.48. The van der Waals surface area contributed by atoms with Crippen molar-refractivity contribution in [3.8, 4) is 0 Å². The molecule has 170 valence electrons. The van der Waals surface area contributed by atoms with Crippen molar-refractivity contribution in [2.24, 2.45) is 11.0 Å². The van der Waals surface area contributed by atoms with Crippen molar-refractivity contribution in [2.75, 3.05) is 5.01 Å². The molecule has 0 saturated heterocycles. The molecule has 0 amide bonds. The van der Waals surface area contributed by atoms with Crippen LogP contribution in [0.4, 0.5) is 17.1 Å². The van der Waals surface area contributed by atoms with Crippen molar-refractivity contribution in [2.45, 2.75) is 25.3 Å². The summed E-state index contributed by atoms with van der Waals surface area (Å²) < 4.78 is 0. The monoisotopic (exact) mass is 454 g/mol. The fourth-order valence-corrected chi connectivity index (χ4v) is 4.82. The minimum absolute atomic E-state index is 0.0652. The van der Waals surface area contributed by atoms with Crippen LogP contribution in [-0.2, 0) is 0 Å². The van der Waals surface area contributed by atoms with Gasteiger partial charge in [0, 0.05) is 30.2 Å². The molecule has 0 spiro atoms. The zero-order valence-corrected chi connectivity index (χ0v) is 18.3. The van der Waals surface area contributed by atoms with E-state index >= 15 is 0 Å². The molecule has 2 aliphatic rings. The van der Waals surface area contributed by atoms with Crippen LogP contribution in [-0.4, -0.2) is 15.6 Å². The van der Waals surface area contributed by atoms with Crippen molar-refractivity contribution in [3.63, 3.8) is 0 Å². The number of benzene rings is 3. The normalized spacial score (nSPS) is 20.6. The van der Waals surface area contributed by atoms with Gasteiger partial charge in [-0.2, -0.15) is 5.10 Å². The molecule has 0 unspecified atom stereocenters. The lowest BCUT2D eigenvalue weighted by molar-refractivity contribution is -0.385. The summed E-state index contributed by atoms with van der Waals surface area (Å²) in [5, 5.41) is 29.2. The van der Waals surface area contributed by atoms with E-state index in [1.807, 2.05) is 47.5 Å². The minimum Gasteiger partial charge on any atom is -0.258 e. The number of para-hydroxylation sites is 1. The van der Waals surface area contributed by atoms with E-state index in [1.54, 1.807) is 24.3 Å². The van der Waals surface area contributed by atoms with Gasteiger partial charge in [0.2, 0.25) is 0 Å². The van der Waals surface area contributed by atoms with Crippen LogP contribution in [0, 0.1) is 26.1 Å². The van der Waals surface area contributed by atoms with Crippen LogP contribution in [0.3, 0.4) is 0 Å². The van der Waals surface area contributed by atoms with Crippen LogP contribution in [0.1, 0.15) is 36.4 Å². The molecule has 1 aliphatic heterocycles. The third-order valence-electron chi connectivity index (χ3n) is 6.41. The van der Waals surface area contributed by atoms with Gasteiger partial charge in [0.1, 0.15) is 0 Å². The van der Waals surface area contributed by atoms with Gasteiger partial charge < -0.3 is 0 Å². The summed E-state index contributed by atoms with van der Waals surface area (Å²) in [4.78, 5) is 21.3. The van der Waals surface area contributed by atoms with Crippen molar-refractivity contribution in [1.82, 2.24) is 0 Å². The summed E-state index contributed by atoms with van der Waals surface area (Å²) in [6, 6.07) is 23.1. The van der Waals surface area contributed by atoms with E-state index in [-0.39, 0.29) is 28.3 Å². The van der Waals surface area contributed by atoms with E-state index in [9.17, 15) is 20.2 Å². The number of nitro groups is 2. The van der Waals surface area contributed by atoms with Gasteiger partial charge >= 0.3 is 0 Å². The maximum absolute atomic E-state index is 11.1. The molecule has 2 atom stereocenters. The first-order valence-corrected chi connectivity index (χ1v) is 11.1. The fraction of sp³-hybridized carbons (Fsp3) is 0.192. The molecule has 1 saturated carbocycles. The lowest BCUT2D eigenvalue weighted by Crippen LogP contribution is -2.28. The SMILES string of the molecule is O=[N+]([O-])c1ccc(/C=C2/CCC[C@@H]3C2=NN(c2ccccc2)[C@@H]3c2ccc([N+](=O)[O-])cc2)cc1. The van der Waals surface area contributed by atoms with Crippen LogP contribution in [0.15, 0.2) is 89.5 Å². The summed E-state index contributed by atoms with van der Waals surface area (Å²) in [5.41, 5.74) is 5.10. The first-order valence-electron chi connectivity index (χ1n) is 11.1. The van der Waals surface area contributed by atoms with Gasteiger partial charge in [-0.15, -0.1) is 0 Å². The molecule has 1 fully saturated rings. The molecule has 3 aromatic rings. The Bertz CT molecular complexity index is 1280. The molecule has 0 bridgehead atoms. The Morgan fingerprint density at radius 3 is 2.09 bits per heavy atom. The average Bonchev–Trinajstić information content (AvgIpc) is 3.26. The first kappa shape index (κ1) is 21.5. The van der Waals surface area contributed by atoms with Crippen molar-refractivity contribution < 1.29 is 9.85 Å². The third-order valence-corrected chi connectivity index (χ3v) is 6.41. The Balaban J connectivity index is 1.54. The lowest BCUT2D eigenvalue weighted by atomic mass is 9.77. The van der Waals surface area contributed by atoms with Crippen LogP contribution >= 0.6 is 0 Å². The lowest BCUT2D eigenvalue weighted by Gasteiger charge is -2.30. The zero-order chi connectivity index (χ0) is 23.7. The Labute approximate surface area is 196 Å². The number of fused-ring (bicyclic) bond motifs is 1. The van der Waals surface area contributed by atoms with E-state index < -0.39 is 4.92 Å². The number of rotatable bonds is 5. The summed E-state index contributed by atoms with van der Waals surface area (Å²) in [6.45, 7) is 0. The highest BCUT2D eigenvalue weighted by molar-refractivity contribution is 6.08. The van der Waals surface area contributed by atoms with Crippen molar-refractivity contribution in [3.05, 3.63) is 116 Å². The van der Waals surface area contributed by atoms with Crippen molar-refractivity contribution >= 4 is 28.8 Å². The second kappa shape index (κ2) is 8.90. The quantitative estimate of drug-likeness (QED) is 0.332. The van der Waals surface area contributed by atoms with Crippen LogP contribution in [0.25, 0.3) is 6.08 Å². The van der Waals surface area contributed by atoms with Gasteiger partial charge in [-0.25, -0.2) is 0 Å². The number of anilines is 1. The number of hydrogen-bond acceptors (Lipinski definition) is 6. The smallest absolute Gasteiger partial charge is 0.258 e. The fourth-order valence-electron chi connectivity index (χ4n) is 4.82. The van der Waals surface area contributed by atoms with Gasteiger partial charge in [0.05, 0.1) is 27.3 Å². The zero-order valence-electron chi connectivity index (χ0n) is 18.3. The van der Waals surface area contributed by atoms with E-state index in [1.165, 1.54) is 12.1 Å². The summed E-state index contributed by atoms with van der Waals surface area (Å²) in [7, 11) is 0. The van der Waals surface area contributed by atoms with Gasteiger partial charge in [0.15, 0.2) is 0 Å². The van der Waals surface area contributed by atoms with Gasteiger partial charge in [0.25, 0.3) is 11.4 Å². The maximum Gasteiger partial charge on any atom is 0.269 e. The number of non-ortho nitro benzene ring substituents is 2. The molecule has 8 nitrogen and oxygen atoms in total. The Hall–Kier alpha value is -4.33. The number of nitro benzene ring substituents is 2. The number of allylic oxidation sites excluding steroid dienone is 1. The maximum atomic E-state index is 11.1. The van der Waals surface area contributed by atoms with Crippen molar-refractivity contribution in [1.29, 1.82) is 0 Å². The minimum atomic E-state index is -0.402. The Morgan fingerprint density at radius 2 is 1.47 bits per heavy atom. The molecule has 0 aromatic heterocycles. The molecule has 34 heavy (non-hydrogen) atoms.